The molecule has 0 rings (SSSR count). The Bertz CT molecular complexity index is 191. The molecule has 6 heteroatoms. The van der Waals surface area contributed by atoms with Gasteiger partial charge in [0.25, 0.3) is 3.79 Å². The van der Waals surface area contributed by atoms with Crippen LogP contribution < -0.4 is 0 Å². The Kier molecular flexibility index (Phi) is 8.16. The first-order valence-corrected chi connectivity index (χ1v) is 6.36. The lowest BCUT2D eigenvalue weighted by molar-refractivity contribution is -0.144. The molecule has 0 fully saturated rings. The standard InChI is InChI=1S/C9H14Cl4O2/c1-2-3-4-5-6-7(10)15-8(14)9(11,12)13/h7H,2-6H2,1H3. The molecule has 0 saturated carbocycles. The van der Waals surface area contributed by atoms with Crippen molar-refractivity contribution in [3.63, 3.8) is 0 Å². The number of halogens is 4. The third-order valence-electron chi connectivity index (χ3n) is 1.75. The third kappa shape index (κ3) is 8.44. The lowest BCUT2D eigenvalue weighted by atomic mass is 10.2. The highest BCUT2D eigenvalue weighted by Crippen LogP contribution is 2.28. The molecule has 15 heavy (non-hydrogen) atoms. The number of carbonyl (C=O) groups excluding carboxylic acids is 1. The predicted octanol–water partition coefficient (Wildman–Crippen LogP) is 4.44. The number of alkyl halides is 4. The van der Waals surface area contributed by atoms with Crippen LogP contribution in [-0.4, -0.2) is 15.3 Å². The molecule has 0 aromatic heterocycles. The zero-order valence-electron chi connectivity index (χ0n) is 8.44. The minimum atomic E-state index is -2.05. The van der Waals surface area contributed by atoms with Gasteiger partial charge in [0.1, 0.15) is 0 Å². The van der Waals surface area contributed by atoms with Crippen LogP contribution in [0.15, 0.2) is 0 Å². The number of ether oxygens (including phenoxy) is 1. The molecule has 1 unspecified atom stereocenters. The van der Waals surface area contributed by atoms with Gasteiger partial charge in [0.2, 0.25) is 0 Å². The molecule has 90 valence electrons. The summed E-state index contributed by atoms with van der Waals surface area (Å²) in [7, 11) is 0. The van der Waals surface area contributed by atoms with E-state index in [4.69, 9.17) is 51.1 Å². The fourth-order valence-electron chi connectivity index (χ4n) is 0.973. The Morgan fingerprint density at radius 3 is 2.33 bits per heavy atom. The van der Waals surface area contributed by atoms with E-state index in [1.54, 1.807) is 0 Å². The molecular formula is C9H14Cl4O2. The second kappa shape index (κ2) is 7.83. The molecule has 0 aliphatic carbocycles. The molecule has 0 aromatic carbocycles. The van der Waals surface area contributed by atoms with Gasteiger partial charge in [-0.3, -0.25) is 0 Å². The van der Waals surface area contributed by atoms with Gasteiger partial charge < -0.3 is 4.74 Å². The van der Waals surface area contributed by atoms with E-state index in [-0.39, 0.29) is 0 Å². The van der Waals surface area contributed by atoms with Crippen molar-refractivity contribution in [2.45, 2.75) is 48.4 Å². The van der Waals surface area contributed by atoms with E-state index >= 15 is 0 Å². The SMILES string of the molecule is CCCCCCC(Cl)OC(=O)C(Cl)(Cl)Cl. The molecule has 0 heterocycles. The highest BCUT2D eigenvalue weighted by atomic mass is 35.6. The summed E-state index contributed by atoms with van der Waals surface area (Å²) in [6, 6.07) is 0. The summed E-state index contributed by atoms with van der Waals surface area (Å²) in [6.45, 7) is 2.11. The number of unbranched alkanes of at least 4 members (excludes halogenated alkanes) is 3. The number of rotatable bonds is 6. The molecule has 1 atom stereocenters. The molecule has 0 spiro atoms. The normalized spacial score (nSPS) is 13.7. The first-order valence-electron chi connectivity index (χ1n) is 4.79. The highest BCUT2D eigenvalue weighted by molar-refractivity contribution is 6.75. The zero-order valence-corrected chi connectivity index (χ0v) is 11.5. The van der Waals surface area contributed by atoms with Crippen molar-refractivity contribution in [3.8, 4) is 0 Å². The maximum absolute atomic E-state index is 11.1. The minimum Gasteiger partial charge on any atom is -0.443 e. The van der Waals surface area contributed by atoms with Crippen molar-refractivity contribution in [2.24, 2.45) is 0 Å². The van der Waals surface area contributed by atoms with Crippen molar-refractivity contribution >= 4 is 52.4 Å². The lowest BCUT2D eigenvalue weighted by Gasteiger charge is -2.14. The molecule has 0 aromatic rings. The zero-order chi connectivity index (χ0) is 11.9. The van der Waals surface area contributed by atoms with Crippen LogP contribution in [0.5, 0.6) is 0 Å². The summed E-state index contributed by atoms with van der Waals surface area (Å²) in [6.07, 6.45) is 4.82. The average molecular weight is 296 g/mol. The highest BCUT2D eigenvalue weighted by Gasteiger charge is 2.34. The van der Waals surface area contributed by atoms with Crippen LogP contribution in [0.2, 0.25) is 0 Å². The van der Waals surface area contributed by atoms with Crippen LogP contribution in [0.3, 0.4) is 0 Å². The minimum absolute atomic E-state index is 0.577. The van der Waals surface area contributed by atoms with E-state index in [0.717, 1.165) is 25.7 Å². The summed E-state index contributed by atoms with van der Waals surface area (Å²) in [5.41, 5.74) is -0.718. The van der Waals surface area contributed by atoms with E-state index in [1.165, 1.54) is 0 Å². The fourth-order valence-corrected chi connectivity index (χ4v) is 1.34. The Hall–Kier alpha value is 0.630. The number of hydrogen-bond acceptors (Lipinski definition) is 2. The summed E-state index contributed by atoms with van der Waals surface area (Å²) in [5.74, 6) is -0.928. The predicted molar refractivity (Wildman–Crippen MR) is 64.8 cm³/mol. The van der Waals surface area contributed by atoms with Crippen molar-refractivity contribution in [1.29, 1.82) is 0 Å². The summed E-state index contributed by atoms with van der Waals surface area (Å²) < 4.78 is 2.68. The third-order valence-corrected chi connectivity index (χ3v) is 2.52. The van der Waals surface area contributed by atoms with E-state index in [1.807, 2.05) is 0 Å². The smallest absolute Gasteiger partial charge is 0.360 e. The second-order valence-electron chi connectivity index (χ2n) is 3.16. The van der Waals surface area contributed by atoms with Gasteiger partial charge in [-0.05, 0) is 12.8 Å². The molecule has 0 bridgehead atoms. The number of esters is 1. The topological polar surface area (TPSA) is 26.3 Å². The number of carbonyl (C=O) groups is 1. The first-order chi connectivity index (χ1) is 6.88. The fraction of sp³-hybridized carbons (Fsp3) is 0.889. The maximum atomic E-state index is 11.1. The van der Waals surface area contributed by atoms with Gasteiger partial charge in [-0.1, -0.05) is 72.6 Å². The van der Waals surface area contributed by atoms with Gasteiger partial charge in [0.15, 0.2) is 5.56 Å². The molecule has 0 N–H and O–H groups in total. The van der Waals surface area contributed by atoms with E-state index in [0.29, 0.717) is 6.42 Å². The van der Waals surface area contributed by atoms with Crippen LogP contribution in [0.4, 0.5) is 0 Å². The van der Waals surface area contributed by atoms with Crippen LogP contribution in [0, 0.1) is 0 Å². The summed E-state index contributed by atoms with van der Waals surface area (Å²) >= 11 is 21.7. The van der Waals surface area contributed by atoms with Crippen molar-refractivity contribution < 1.29 is 9.53 Å². The van der Waals surface area contributed by atoms with Gasteiger partial charge in [0.05, 0.1) is 0 Å². The van der Waals surface area contributed by atoms with Gasteiger partial charge in [-0.2, -0.15) is 0 Å². The first kappa shape index (κ1) is 15.6. The molecule has 0 radical (unpaired) electrons. The molecule has 0 saturated heterocycles. The van der Waals surface area contributed by atoms with Crippen molar-refractivity contribution in [1.82, 2.24) is 0 Å². The van der Waals surface area contributed by atoms with Gasteiger partial charge in [-0.25, -0.2) is 4.79 Å². The van der Waals surface area contributed by atoms with Gasteiger partial charge in [0, 0.05) is 0 Å². The van der Waals surface area contributed by atoms with Gasteiger partial charge >= 0.3 is 5.97 Å². The number of hydrogen-bond donors (Lipinski definition) is 0. The van der Waals surface area contributed by atoms with Crippen LogP contribution >= 0.6 is 46.4 Å². The Morgan fingerprint density at radius 2 is 1.87 bits per heavy atom. The van der Waals surface area contributed by atoms with Crippen LogP contribution in [0.1, 0.15) is 39.0 Å². The second-order valence-corrected chi connectivity index (χ2v) is 5.93. The summed E-state index contributed by atoms with van der Waals surface area (Å²) in [5, 5.41) is 0. The lowest BCUT2D eigenvalue weighted by Crippen LogP contribution is -2.25. The van der Waals surface area contributed by atoms with Crippen molar-refractivity contribution in [2.75, 3.05) is 0 Å². The Labute approximate surface area is 110 Å². The monoisotopic (exact) mass is 294 g/mol. The molecule has 0 aliphatic heterocycles. The van der Waals surface area contributed by atoms with E-state index in [9.17, 15) is 4.79 Å². The summed E-state index contributed by atoms with van der Waals surface area (Å²) in [4.78, 5) is 11.1. The Morgan fingerprint density at radius 1 is 1.27 bits per heavy atom. The molecule has 0 aliphatic rings. The molecule has 2 nitrogen and oxygen atoms in total. The molecule has 0 amide bonds. The van der Waals surface area contributed by atoms with Crippen LogP contribution in [-0.2, 0) is 9.53 Å². The van der Waals surface area contributed by atoms with Gasteiger partial charge in [-0.15, -0.1) is 0 Å². The Balaban J connectivity index is 3.65. The van der Waals surface area contributed by atoms with E-state index in [2.05, 4.69) is 6.92 Å². The van der Waals surface area contributed by atoms with Crippen molar-refractivity contribution in [3.05, 3.63) is 0 Å². The largest absolute Gasteiger partial charge is 0.443 e. The molecular weight excluding hydrogens is 282 g/mol. The quantitative estimate of drug-likeness (QED) is 0.411. The maximum Gasteiger partial charge on any atom is 0.360 e. The van der Waals surface area contributed by atoms with Crippen LogP contribution in [0.25, 0.3) is 0 Å². The average Bonchev–Trinajstić information content (AvgIpc) is 2.11. The van der Waals surface area contributed by atoms with E-state index < -0.39 is 15.3 Å².